The number of aromatic nitrogens is 4. The Morgan fingerprint density at radius 2 is 2.00 bits per heavy atom. The Morgan fingerprint density at radius 1 is 1.24 bits per heavy atom. The van der Waals surface area contributed by atoms with Gasteiger partial charge in [-0.1, -0.05) is 30.8 Å². The van der Waals surface area contributed by atoms with Gasteiger partial charge in [-0.05, 0) is 12.1 Å². The zero-order chi connectivity index (χ0) is 14.8. The van der Waals surface area contributed by atoms with Crippen LogP contribution in [0, 0.1) is 0 Å². The summed E-state index contributed by atoms with van der Waals surface area (Å²) >= 11 is 1.15. The molecule has 110 valence electrons. The maximum absolute atomic E-state index is 13.2. The summed E-state index contributed by atoms with van der Waals surface area (Å²) in [6.45, 7) is -0.741. The minimum absolute atomic E-state index is 0.238. The van der Waals surface area contributed by atoms with Gasteiger partial charge >= 0.3 is 6.55 Å². The van der Waals surface area contributed by atoms with Gasteiger partial charge < -0.3 is 4.42 Å². The molecule has 3 rings (SSSR count). The number of aryl methyl sites for hydroxylation is 1. The van der Waals surface area contributed by atoms with Crippen LogP contribution < -0.4 is 0 Å². The summed E-state index contributed by atoms with van der Waals surface area (Å²) in [5.41, 5.74) is 0.954. The molecule has 0 aliphatic rings. The van der Waals surface area contributed by atoms with Crippen molar-refractivity contribution in [1.82, 2.24) is 19.7 Å². The fourth-order valence-corrected chi connectivity index (χ4v) is 2.78. The molecule has 0 saturated carbocycles. The first-order chi connectivity index (χ1) is 10.2. The van der Waals surface area contributed by atoms with Crippen LogP contribution in [0.1, 0.15) is 25.3 Å². The third-order valence-electron chi connectivity index (χ3n) is 2.89. The largest absolute Gasteiger partial charge is 0.424 e. The van der Waals surface area contributed by atoms with Gasteiger partial charge in [-0.15, -0.1) is 10.2 Å². The highest BCUT2D eigenvalue weighted by Gasteiger charge is 2.18. The lowest BCUT2D eigenvalue weighted by atomic mass is 10.3. The summed E-state index contributed by atoms with van der Waals surface area (Å²) in [6, 6.07) is 6.81. The van der Waals surface area contributed by atoms with E-state index in [1.807, 2.05) is 6.92 Å². The van der Waals surface area contributed by atoms with Gasteiger partial charge in [0, 0.05) is 6.42 Å². The second-order valence-electron chi connectivity index (χ2n) is 4.26. The predicted molar refractivity (Wildman–Crippen MR) is 74.2 cm³/mol. The molecule has 0 aliphatic heterocycles. The highest BCUT2D eigenvalue weighted by Crippen LogP contribution is 2.30. The zero-order valence-corrected chi connectivity index (χ0v) is 12.0. The lowest BCUT2D eigenvalue weighted by Gasteiger charge is -2.05. The molecule has 0 unspecified atom stereocenters. The Bertz CT molecular complexity index is 756. The van der Waals surface area contributed by atoms with Crippen molar-refractivity contribution in [1.29, 1.82) is 0 Å². The van der Waals surface area contributed by atoms with E-state index in [9.17, 15) is 8.78 Å². The number of benzene rings is 1. The third-order valence-corrected chi connectivity index (χ3v) is 3.83. The number of rotatable bonds is 5. The number of nitrogens with zero attached hydrogens (tertiary/aromatic N) is 4. The topological polar surface area (TPSA) is 56.7 Å². The Morgan fingerprint density at radius 3 is 2.71 bits per heavy atom. The number of hydrogen-bond acceptors (Lipinski definition) is 5. The monoisotopic (exact) mass is 310 g/mol. The standard InChI is InChI=1S/C13H12F2N4OS/c1-2-10-17-18-11(20-10)7-21-13-16-8-5-3-4-6-9(8)19(13)12(14)15/h3-6,12H,2,7H2,1H3. The van der Waals surface area contributed by atoms with Crippen LogP contribution in [-0.4, -0.2) is 19.7 Å². The summed E-state index contributed by atoms with van der Waals surface area (Å²) in [6.07, 6.45) is 0.646. The van der Waals surface area contributed by atoms with Crippen LogP contribution >= 0.6 is 11.8 Å². The summed E-state index contributed by atoms with van der Waals surface area (Å²) in [5.74, 6) is 1.25. The molecule has 0 spiro atoms. The number of para-hydroxylation sites is 2. The summed E-state index contributed by atoms with van der Waals surface area (Å²) in [7, 11) is 0. The number of thioether (sulfide) groups is 1. The van der Waals surface area contributed by atoms with E-state index in [0.717, 1.165) is 16.3 Å². The zero-order valence-electron chi connectivity index (χ0n) is 11.2. The van der Waals surface area contributed by atoms with Gasteiger partial charge in [0.2, 0.25) is 11.8 Å². The quantitative estimate of drug-likeness (QED) is 0.673. The maximum Gasteiger partial charge on any atom is 0.321 e. The molecule has 0 aliphatic carbocycles. The van der Waals surface area contributed by atoms with Crippen molar-refractivity contribution in [3.05, 3.63) is 36.0 Å². The molecular formula is C13H12F2N4OS. The second kappa shape index (κ2) is 5.80. The van der Waals surface area contributed by atoms with Crippen LogP contribution in [0.2, 0.25) is 0 Å². The van der Waals surface area contributed by atoms with Gasteiger partial charge in [-0.3, -0.25) is 4.57 Å². The molecule has 21 heavy (non-hydrogen) atoms. The summed E-state index contributed by atoms with van der Waals surface area (Å²) in [5, 5.41) is 7.95. The van der Waals surface area contributed by atoms with E-state index < -0.39 is 6.55 Å². The van der Waals surface area contributed by atoms with Crippen molar-refractivity contribution in [2.45, 2.75) is 30.8 Å². The van der Waals surface area contributed by atoms with Gasteiger partial charge in [-0.2, -0.15) is 8.78 Å². The molecule has 2 aromatic heterocycles. The van der Waals surface area contributed by atoms with E-state index in [-0.39, 0.29) is 5.16 Å². The number of fused-ring (bicyclic) bond motifs is 1. The van der Waals surface area contributed by atoms with E-state index in [1.54, 1.807) is 24.3 Å². The normalized spacial score (nSPS) is 11.6. The Kier molecular flexibility index (Phi) is 3.87. The van der Waals surface area contributed by atoms with Gasteiger partial charge in [-0.25, -0.2) is 4.98 Å². The van der Waals surface area contributed by atoms with Gasteiger partial charge in [0.15, 0.2) is 5.16 Å². The van der Waals surface area contributed by atoms with Gasteiger partial charge in [0.1, 0.15) is 0 Å². The van der Waals surface area contributed by atoms with Gasteiger partial charge in [0.25, 0.3) is 0 Å². The average Bonchev–Trinajstić information content (AvgIpc) is 3.08. The van der Waals surface area contributed by atoms with Crippen molar-refractivity contribution in [2.75, 3.05) is 0 Å². The first kappa shape index (κ1) is 14.0. The van der Waals surface area contributed by atoms with Crippen molar-refractivity contribution in [2.24, 2.45) is 0 Å². The highest BCUT2D eigenvalue weighted by atomic mass is 32.2. The molecule has 1 aromatic carbocycles. The maximum atomic E-state index is 13.2. The molecular weight excluding hydrogens is 298 g/mol. The molecule has 0 bridgehead atoms. The van der Waals surface area contributed by atoms with Crippen LogP contribution in [0.5, 0.6) is 0 Å². The van der Waals surface area contributed by atoms with E-state index in [2.05, 4.69) is 15.2 Å². The first-order valence-corrected chi connectivity index (χ1v) is 7.36. The summed E-state index contributed by atoms with van der Waals surface area (Å²) < 4.78 is 32.7. The van der Waals surface area contributed by atoms with Crippen LogP contribution in [0.3, 0.4) is 0 Å². The molecule has 0 N–H and O–H groups in total. The van der Waals surface area contributed by atoms with Gasteiger partial charge in [0.05, 0.1) is 16.8 Å². The molecule has 3 aromatic rings. The van der Waals surface area contributed by atoms with Crippen LogP contribution in [0.25, 0.3) is 11.0 Å². The molecule has 2 heterocycles. The van der Waals surface area contributed by atoms with Crippen molar-refractivity contribution in [3.8, 4) is 0 Å². The lowest BCUT2D eigenvalue weighted by Crippen LogP contribution is -2.00. The minimum atomic E-state index is -2.64. The third kappa shape index (κ3) is 2.76. The predicted octanol–water partition coefficient (Wildman–Crippen LogP) is 3.67. The Labute approximate surface area is 123 Å². The fourth-order valence-electron chi connectivity index (χ4n) is 1.93. The molecule has 5 nitrogen and oxygen atoms in total. The summed E-state index contributed by atoms with van der Waals surface area (Å²) in [4.78, 5) is 4.23. The average molecular weight is 310 g/mol. The smallest absolute Gasteiger partial charge is 0.321 e. The fraction of sp³-hybridized carbons (Fsp3) is 0.308. The highest BCUT2D eigenvalue weighted by molar-refractivity contribution is 7.98. The molecule has 0 amide bonds. The Hall–Kier alpha value is -1.96. The first-order valence-electron chi connectivity index (χ1n) is 6.38. The van der Waals surface area contributed by atoms with Crippen molar-refractivity contribution in [3.63, 3.8) is 0 Å². The number of hydrogen-bond donors (Lipinski definition) is 0. The number of imidazole rings is 1. The SMILES string of the molecule is CCc1nnc(CSc2nc3ccccc3n2C(F)F)o1. The van der Waals surface area contributed by atoms with E-state index in [1.165, 1.54) is 0 Å². The Balaban J connectivity index is 1.87. The van der Waals surface area contributed by atoms with Crippen LogP contribution in [0.4, 0.5) is 8.78 Å². The molecule has 0 saturated heterocycles. The molecule has 8 heteroatoms. The number of halogens is 2. The van der Waals surface area contributed by atoms with Crippen LogP contribution in [0.15, 0.2) is 33.8 Å². The second-order valence-corrected chi connectivity index (χ2v) is 5.21. The lowest BCUT2D eigenvalue weighted by molar-refractivity contribution is 0.0656. The van der Waals surface area contributed by atoms with Crippen LogP contribution in [-0.2, 0) is 12.2 Å². The molecule has 0 radical (unpaired) electrons. The van der Waals surface area contributed by atoms with E-state index in [4.69, 9.17) is 4.42 Å². The molecule has 0 fully saturated rings. The minimum Gasteiger partial charge on any atom is -0.424 e. The molecule has 0 atom stereocenters. The van der Waals surface area contributed by atoms with Crippen molar-refractivity contribution >= 4 is 22.8 Å². The van der Waals surface area contributed by atoms with E-state index in [0.29, 0.717) is 35.0 Å². The number of alkyl halides is 2. The van der Waals surface area contributed by atoms with E-state index >= 15 is 0 Å². The van der Waals surface area contributed by atoms with Crippen molar-refractivity contribution < 1.29 is 13.2 Å².